The molecule has 0 spiro atoms. The van der Waals surface area contributed by atoms with Crippen molar-refractivity contribution < 1.29 is 14.7 Å². The van der Waals surface area contributed by atoms with E-state index in [4.69, 9.17) is 5.73 Å². The molecular formula is C14H18N2O3. The van der Waals surface area contributed by atoms with Crippen LogP contribution in [-0.2, 0) is 4.79 Å². The molecule has 0 aromatic heterocycles. The Labute approximate surface area is 112 Å². The molecule has 19 heavy (non-hydrogen) atoms. The van der Waals surface area contributed by atoms with E-state index in [1.54, 1.807) is 18.2 Å². The zero-order valence-corrected chi connectivity index (χ0v) is 10.9. The van der Waals surface area contributed by atoms with Crippen LogP contribution in [0.5, 0.6) is 0 Å². The molecule has 2 atom stereocenters. The fraction of sp³-hybridized carbons (Fsp3) is 0.429. The second-order valence-electron chi connectivity index (χ2n) is 5.00. The van der Waals surface area contributed by atoms with Crippen LogP contribution in [0.2, 0.25) is 0 Å². The van der Waals surface area contributed by atoms with E-state index in [0.29, 0.717) is 12.2 Å². The molecule has 1 heterocycles. The maximum absolute atomic E-state index is 11.3. The van der Waals surface area contributed by atoms with Gasteiger partial charge >= 0.3 is 5.97 Å². The molecule has 1 aliphatic rings. The van der Waals surface area contributed by atoms with Gasteiger partial charge in [-0.1, -0.05) is 12.1 Å². The Hall–Kier alpha value is -2.04. The molecule has 0 bridgehead atoms. The summed E-state index contributed by atoms with van der Waals surface area (Å²) in [6.45, 7) is 2.52. The lowest BCUT2D eigenvalue weighted by atomic mass is 9.92. The first kappa shape index (κ1) is 13.4. The molecule has 1 fully saturated rings. The molecule has 0 radical (unpaired) electrons. The molecule has 5 nitrogen and oxygen atoms in total. The van der Waals surface area contributed by atoms with Crippen LogP contribution >= 0.6 is 0 Å². The number of rotatable bonds is 3. The van der Waals surface area contributed by atoms with E-state index < -0.39 is 5.97 Å². The zero-order valence-electron chi connectivity index (χ0n) is 10.9. The van der Waals surface area contributed by atoms with Crippen LogP contribution in [0.4, 0.5) is 5.69 Å². The normalized spacial score (nSPS) is 23.1. The Kier molecular flexibility index (Phi) is 3.74. The standard InChI is InChI=1S/C14H18N2O3/c1-9-6-7-10(13(15)17)8-16(9)12-5-3-2-4-11(12)14(18)19/h2-5,9-10H,6-8H2,1H3,(H2,15,17)(H,18,19). The second-order valence-corrected chi connectivity index (χ2v) is 5.00. The number of hydrogen-bond acceptors (Lipinski definition) is 3. The minimum Gasteiger partial charge on any atom is -0.478 e. The number of primary amides is 1. The monoisotopic (exact) mass is 262 g/mol. The minimum atomic E-state index is -0.955. The van der Waals surface area contributed by atoms with Crippen LogP contribution in [0.1, 0.15) is 30.1 Å². The molecule has 1 saturated heterocycles. The Morgan fingerprint density at radius 2 is 2.00 bits per heavy atom. The quantitative estimate of drug-likeness (QED) is 0.864. The minimum absolute atomic E-state index is 0.205. The SMILES string of the molecule is CC1CCC(C(N)=O)CN1c1ccccc1C(=O)O. The van der Waals surface area contributed by atoms with Gasteiger partial charge in [0.2, 0.25) is 5.91 Å². The van der Waals surface area contributed by atoms with Gasteiger partial charge in [-0.05, 0) is 31.9 Å². The zero-order chi connectivity index (χ0) is 14.0. The number of aromatic carboxylic acids is 1. The Morgan fingerprint density at radius 3 is 2.63 bits per heavy atom. The number of piperidine rings is 1. The largest absolute Gasteiger partial charge is 0.478 e. The fourth-order valence-electron chi connectivity index (χ4n) is 2.58. The van der Waals surface area contributed by atoms with Gasteiger partial charge < -0.3 is 15.7 Å². The third kappa shape index (κ3) is 2.70. The van der Waals surface area contributed by atoms with Crippen LogP contribution in [0.25, 0.3) is 0 Å². The van der Waals surface area contributed by atoms with Crippen LogP contribution < -0.4 is 10.6 Å². The van der Waals surface area contributed by atoms with Crippen LogP contribution in [0.3, 0.4) is 0 Å². The van der Waals surface area contributed by atoms with Crippen molar-refractivity contribution in [1.29, 1.82) is 0 Å². The highest BCUT2D eigenvalue weighted by atomic mass is 16.4. The van der Waals surface area contributed by atoms with Crippen LogP contribution in [-0.4, -0.2) is 29.6 Å². The van der Waals surface area contributed by atoms with Crippen molar-refractivity contribution in [2.45, 2.75) is 25.8 Å². The van der Waals surface area contributed by atoms with Gasteiger partial charge in [0, 0.05) is 12.6 Å². The summed E-state index contributed by atoms with van der Waals surface area (Å²) in [5, 5.41) is 9.24. The number of carboxylic acids is 1. The average Bonchev–Trinajstić information content (AvgIpc) is 2.39. The van der Waals surface area contributed by atoms with Gasteiger partial charge in [0.1, 0.15) is 0 Å². The van der Waals surface area contributed by atoms with Gasteiger partial charge in [-0.25, -0.2) is 4.79 Å². The Bertz CT molecular complexity index is 501. The van der Waals surface area contributed by atoms with E-state index in [-0.39, 0.29) is 23.4 Å². The Morgan fingerprint density at radius 1 is 1.32 bits per heavy atom. The van der Waals surface area contributed by atoms with Crippen molar-refractivity contribution >= 4 is 17.6 Å². The molecule has 2 unspecified atom stereocenters. The number of carboxylic acid groups (broad SMARTS) is 1. The van der Waals surface area contributed by atoms with Crippen molar-refractivity contribution in [3.8, 4) is 0 Å². The molecule has 1 amide bonds. The van der Waals surface area contributed by atoms with Crippen molar-refractivity contribution in [3.05, 3.63) is 29.8 Å². The summed E-state index contributed by atoms with van der Waals surface area (Å²) in [6.07, 6.45) is 1.60. The fourth-order valence-corrected chi connectivity index (χ4v) is 2.58. The molecule has 1 aromatic carbocycles. The highest BCUT2D eigenvalue weighted by molar-refractivity contribution is 5.94. The summed E-state index contributed by atoms with van der Waals surface area (Å²) >= 11 is 0. The van der Waals surface area contributed by atoms with E-state index >= 15 is 0 Å². The van der Waals surface area contributed by atoms with E-state index in [0.717, 1.165) is 12.8 Å². The van der Waals surface area contributed by atoms with E-state index in [1.807, 2.05) is 17.9 Å². The number of para-hydroxylation sites is 1. The molecule has 1 aliphatic heterocycles. The lowest BCUT2D eigenvalue weighted by Gasteiger charge is -2.39. The lowest BCUT2D eigenvalue weighted by Crippen LogP contribution is -2.46. The number of amides is 1. The maximum atomic E-state index is 11.3. The molecule has 3 N–H and O–H groups in total. The van der Waals surface area contributed by atoms with E-state index in [9.17, 15) is 14.7 Å². The van der Waals surface area contributed by atoms with Gasteiger partial charge in [0.15, 0.2) is 0 Å². The number of carbonyl (C=O) groups is 2. The highest BCUT2D eigenvalue weighted by Crippen LogP contribution is 2.30. The van der Waals surface area contributed by atoms with Crippen molar-refractivity contribution in [1.82, 2.24) is 0 Å². The molecular weight excluding hydrogens is 244 g/mol. The number of nitrogens with zero attached hydrogens (tertiary/aromatic N) is 1. The first-order chi connectivity index (χ1) is 9.00. The first-order valence-corrected chi connectivity index (χ1v) is 6.39. The highest BCUT2D eigenvalue weighted by Gasteiger charge is 2.30. The van der Waals surface area contributed by atoms with E-state index in [2.05, 4.69) is 0 Å². The number of hydrogen-bond donors (Lipinski definition) is 2. The number of benzene rings is 1. The molecule has 5 heteroatoms. The number of anilines is 1. The molecule has 2 rings (SSSR count). The Balaban J connectivity index is 2.33. The lowest BCUT2D eigenvalue weighted by molar-refractivity contribution is -0.122. The predicted molar refractivity (Wildman–Crippen MR) is 72.1 cm³/mol. The first-order valence-electron chi connectivity index (χ1n) is 6.39. The average molecular weight is 262 g/mol. The third-order valence-corrected chi connectivity index (χ3v) is 3.73. The van der Waals surface area contributed by atoms with Crippen LogP contribution in [0.15, 0.2) is 24.3 Å². The van der Waals surface area contributed by atoms with Gasteiger partial charge in [-0.2, -0.15) is 0 Å². The van der Waals surface area contributed by atoms with Crippen molar-refractivity contribution in [2.24, 2.45) is 11.7 Å². The summed E-state index contributed by atoms with van der Waals surface area (Å²) in [5.41, 5.74) is 6.29. The summed E-state index contributed by atoms with van der Waals surface area (Å²) < 4.78 is 0. The summed E-state index contributed by atoms with van der Waals surface area (Å²) in [4.78, 5) is 24.6. The summed E-state index contributed by atoms with van der Waals surface area (Å²) in [7, 11) is 0. The smallest absolute Gasteiger partial charge is 0.337 e. The number of carbonyl (C=O) groups excluding carboxylic acids is 1. The third-order valence-electron chi connectivity index (χ3n) is 3.73. The van der Waals surface area contributed by atoms with Gasteiger partial charge in [0.25, 0.3) is 0 Å². The second kappa shape index (κ2) is 5.30. The van der Waals surface area contributed by atoms with E-state index in [1.165, 1.54) is 0 Å². The summed E-state index contributed by atoms with van der Waals surface area (Å²) in [5.74, 6) is -1.48. The summed E-state index contributed by atoms with van der Waals surface area (Å²) in [6, 6.07) is 7.08. The molecule has 0 saturated carbocycles. The predicted octanol–water partition coefficient (Wildman–Crippen LogP) is 1.47. The molecule has 1 aromatic rings. The van der Waals surface area contributed by atoms with Crippen molar-refractivity contribution in [3.63, 3.8) is 0 Å². The van der Waals surface area contributed by atoms with Gasteiger partial charge in [-0.3, -0.25) is 4.79 Å². The maximum Gasteiger partial charge on any atom is 0.337 e. The number of nitrogens with two attached hydrogens (primary N) is 1. The molecule has 102 valence electrons. The van der Waals surface area contributed by atoms with Crippen molar-refractivity contribution in [2.75, 3.05) is 11.4 Å². The topological polar surface area (TPSA) is 83.6 Å². The van der Waals surface area contributed by atoms with Gasteiger partial charge in [0.05, 0.1) is 17.2 Å². The van der Waals surface area contributed by atoms with Gasteiger partial charge in [-0.15, -0.1) is 0 Å². The van der Waals surface area contributed by atoms with Crippen LogP contribution in [0, 0.1) is 5.92 Å². The molecule has 0 aliphatic carbocycles.